The molecule has 0 amide bonds. The molecule has 3 rings (SSSR count). The molecule has 2 aromatic carbocycles. The summed E-state index contributed by atoms with van der Waals surface area (Å²) in [7, 11) is 0. The summed E-state index contributed by atoms with van der Waals surface area (Å²) in [4.78, 5) is 27.3. The van der Waals surface area contributed by atoms with Gasteiger partial charge >= 0.3 is 12.1 Å². The van der Waals surface area contributed by atoms with Gasteiger partial charge in [0, 0.05) is 27.9 Å². The second kappa shape index (κ2) is 7.08. The van der Waals surface area contributed by atoms with E-state index in [0.717, 1.165) is 12.1 Å². The van der Waals surface area contributed by atoms with Crippen LogP contribution in [0.5, 0.6) is 5.75 Å². The molecule has 0 fully saturated rings. The Morgan fingerprint density at radius 2 is 1.78 bits per heavy atom. The number of halogens is 4. The zero-order chi connectivity index (χ0) is 19.8. The van der Waals surface area contributed by atoms with Crippen LogP contribution in [0.3, 0.4) is 0 Å². The van der Waals surface area contributed by atoms with E-state index >= 15 is 0 Å². The van der Waals surface area contributed by atoms with E-state index in [2.05, 4.69) is 4.98 Å². The first-order valence-electron chi connectivity index (χ1n) is 7.94. The number of fused-ring (bicyclic) bond motifs is 1. The highest BCUT2D eigenvalue weighted by atomic mass is 35.5. The first-order valence-corrected chi connectivity index (χ1v) is 8.32. The lowest BCUT2D eigenvalue weighted by atomic mass is 10.1. The van der Waals surface area contributed by atoms with Gasteiger partial charge in [-0.2, -0.15) is 13.2 Å². The number of aromatic amines is 1. The van der Waals surface area contributed by atoms with E-state index in [4.69, 9.17) is 16.3 Å². The standard InChI is InChI=1S/C19H13ClF3NO3/c1-2-15(25)27-18-13-9-11(19(21,22)23)5-8-14(13)24-16(18)17(26)10-3-6-12(20)7-4-10/h3-9,24H,2H2,1H3. The first kappa shape index (κ1) is 19.0. The van der Waals surface area contributed by atoms with Crippen LogP contribution in [-0.2, 0) is 11.0 Å². The quantitative estimate of drug-likeness (QED) is 0.476. The van der Waals surface area contributed by atoms with Crippen LogP contribution in [0.15, 0.2) is 42.5 Å². The van der Waals surface area contributed by atoms with Gasteiger partial charge in [0.1, 0.15) is 5.69 Å². The summed E-state index contributed by atoms with van der Waals surface area (Å²) in [6.45, 7) is 1.54. The molecule has 0 spiro atoms. The Balaban J connectivity index is 2.18. The molecule has 1 N–H and O–H groups in total. The van der Waals surface area contributed by atoms with Crippen LogP contribution in [0.4, 0.5) is 13.2 Å². The molecule has 0 radical (unpaired) electrons. The van der Waals surface area contributed by atoms with Crippen molar-refractivity contribution in [3.63, 3.8) is 0 Å². The van der Waals surface area contributed by atoms with Gasteiger partial charge in [0.15, 0.2) is 5.75 Å². The predicted octanol–water partition coefficient (Wildman–Crippen LogP) is 5.39. The van der Waals surface area contributed by atoms with Gasteiger partial charge < -0.3 is 9.72 Å². The molecule has 27 heavy (non-hydrogen) atoms. The number of alkyl halides is 3. The van der Waals surface area contributed by atoms with Crippen LogP contribution in [0.1, 0.15) is 35.0 Å². The molecule has 0 atom stereocenters. The predicted molar refractivity (Wildman–Crippen MR) is 94.1 cm³/mol. The van der Waals surface area contributed by atoms with Crippen molar-refractivity contribution >= 4 is 34.3 Å². The van der Waals surface area contributed by atoms with E-state index in [1.54, 1.807) is 6.92 Å². The van der Waals surface area contributed by atoms with Crippen LogP contribution in [0, 0.1) is 0 Å². The average molecular weight is 396 g/mol. The Labute approximate surface area is 156 Å². The molecular formula is C19H13ClF3NO3. The number of esters is 1. The summed E-state index contributed by atoms with van der Waals surface area (Å²) in [6, 6.07) is 8.91. The van der Waals surface area contributed by atoms with Crippen LogP contribution in [0.25, 0.3) is 10.9 Å². The number of nitrogens with one attached hydrogen (secondary N) is 1. The average Bonchev–Trinajstić information content (AvgIpc) is 2.98. The van der Waals surface area contributed by atoms with Crippen LogP contribution >= 0.6 is 11.6 Å². The highest BCUT2D eigenvalue weighted by Gasteiger charge is 2.32. The molecule has 0 bridgehead atoms. The summed E-state index contributed by atoms with van der Waals surface area (Å²) in [6.07, 6.45) is -4.57. The minimum Gasteiger partial charge on any atom is -0.423 e. The van der Waals surface area contributed by atoms with Crippen LogP contribution < -0.4 is 4.74 Å². The van der Waals surface area contributed by atoms with Gasteiger partial charge in [-0.05, 0) is 42.5 Å². The molecule has 0 aliphatic heterocycles. The molecule has 0 unspecified atom stereocenters. The zero-order valence-corrected chi connectivity index (χ0v) is 14.7. The number of benzene rings is 2. The topological polar surface area (TPSA) is 59.2 Å². The van der Waals surface area contributed by atoms with Crippen molar-refractivity contribution in [2.45, 2.75) is 19.5 Å². The van der Waals surface area contributed by atoms with Crippen molar-refractivity contribution in [1.82, 2.24) is 4.98 Å². The third-order valence-electron chi connectivity index (χ3n) is 3.92. The molecule has 4 nitrogen and oxygen atoms in total. The second-order valence-corrected chi connectivity index (χ2v) is 6.19. The summed E-state index contributed by atoms with van der Waals surface area (Å²) in [5.74, 6) is -1.42. The van der Waals surface area contributed by atoms with Crippen molar-refractivity contribution in [3.8, 4) is 5.75 Å². The van der Waals surface area contributed by atoms with E-state index in [-0.39, 0.29) is 34.3 Å². The van der Waals surface area contributed by atoms with Crippen LogP contribution in [-0.4, -0.2) is 16.7 Å². The summed E-state index contributed by atoms with van der Waals surface area (Å²) in [5.41, 5.74) is -0.517. The lowest BCUT2D eigenvalue weighted by molar-refractivity contribution is -0.137. The van der Waals surface area contributed by atoms with Gasteiger partial charge in [-0.15, -0.1) is 0 Å². The zero-order valence-electron chi connectivity index (χ0n) is 14.0. The van der Waals surface area contributed by atoms with E-state index in [1.165, 1.54) is 30.3 Å². The van der Waals surface area contributed by atoms with Gasteiger partial charge in [0.05, 0.1) is 5.56 Å². The number of H-pyrrole nitrogens is 1. The fourth-order valence-corrected chi connectivity index (χ4v) is 2.67. The summed E-state index contributed by atoms with van der Waals surface area (Å²) >= 11 is 5.81. The van der Waals surface area contributed by atoms with Crippen molar-refractivity contribution < 1.29 is 27.5 Å². The number of hydrogen-bond acceptors (Lipinski definition) is 3. The Morgan fingerprint density at radius 1 is 1.11 bits per heavy atom. The monoisotopic (exact) mass is 395 g/mol. The van der Waals surface area contributed by atoms with Crippen molar-refractivity contribution in [3.05, 3.63) is 64.3 Å². The number of carbonyl (C=O) groups is 2. The molecule has 3 aromatic rings. The van der Waals surface area contributed by atoms with Crippen molar-refractivity contribution in [2.75, 3.05) is 0 Å². The minimum atomic E-state index is -4.57. The Kier molecular flexibility index (Phi) is 4.97. The van der Waals surface area contributed by atoms with Gasteiger partial charge in [-0.1, -0.05) is 18.5 Å². The Bertz CT molecular complexity index is 1020. The van der Waals surface area contributed by atoms with E-state index < -0.39 is 23.5 Å². The second-order valence-electron chi connectivity index (χ2n) is 5.75. The van der Waals surface area contributed by atoms with E-state index in [0.29, 0.717) is 5.02 Å². The Morgan fingerprint density at radius 3 is 2.37 bits per heavy atom. The molecule has 1 aromatic heterocycles. The fraction of sp³-hybridized carbons (Fsp3) is 0.158. The number of carbonyl (C=O) groups excluding carboxylic acids is 2. The maximum Gasteiger partial charge on any atom is 0.416 e. The van der Waals surface area contributed by atoms with Gasteiger partial charge in [0.2, 0.25) is 5.78 Å². The number of aromatic nitrogens is 1. The molecular weight excluding hydrogens is 383 g/mol. The van der Waals surface area contributed by atoms with Gasteiger partial charge in [0.25, 0.3) is 0 Å². The van der Waals surface area contributed by atoms with Crippen LogP contribution in [0.2, 0.25) is 5.02 Å². The SMILES string of the molecule is CCC(=O)Oc1c(C(=O)c2ccc(Cl)cc2)[nH]c2ccc(C(F)(F)F)cc12. The van der Waals surface area contributed by atoms with E-state index in [9.17, 15) is 22.8 Å². The molecule has 0 saturated carbocycles. The fourth-order valence-electron chi connectivity index (χ4n) is 2.54. The molecule has 140 valence electrons. The number of ketones is 1. The highest BCUT2D eigenvalue weighted by Crippen LogP contribution is 2.37. The van der Waals surface area contributed by atoms with Gasteiger partial charge in [-0.25, -0.2) is 0 Å². The molecule has 1 heterocycles. The normalized spacial score (nSPS) is 11.6. The molecule has 8 heteroatoms. The molecule has 0 aliphatic carbocycles. The third kappa shape index (κ3) is 3.83. The van der Waals surface area contributed by atoms with Gasteiger partial charge in [-0.3, -0.25) is 9.59 Å². The summed E-state index contributed by atoms with van der Waals surface area (Å²) < 4.78 is 44.3. The highest BCUT2D eigenvalue weighted by molar-refractivity contribution is 6.30. The lowest BCUT2D eigenvalue weighted by Crippen LogP contribution is -2.10. The lowest BCUT2D eigenvalue weighted by Gasteiger charge is -2.08. The van der Waals surface area contributed by atoms with E-state index in [1.807, 2.05) is 0 Å². The smallest absolute Gasteiger partial charge is 0.416 e. The maximum absolute atomic E-state index is 13.0. The number of hydrogen-bond donors (Lipinski definition) is 1. The molecule has 0 saturated heterocycles. The number of rotatable bonds is 4. The third-order valence-corrected chi connectivity index (χ3v) is 4.17. The minimum absolute atomic E-state index is 0.000209. The largest absolute Gasteiger partial charge is 0.423 e. The van der Waals surface area contributed by atoms with Crippen molar-refractivity contribution in [1.29, 1.82) is 0 Å². The number of ether oxygens (including phenoxy) is 1. The first-order chi connectivity index (χ1) is 12.7. The Hall–Kier alpha value is -2.80. The van der Waals surface area contributed by atoms with Crippen molar-refractivity contribution in [2.24, 2.45) is 0 Å². The molecule has 0 aliphatic rings. The summed E-state index contributed by atoms with van der Waals surface area (Å²) in [5, 5.41) is 0.430. The maximum atomic E-state index is 13.0.